The van der Waals surface area contributed by atoms with Crippen molar-refractivity contribution in [3.05, 3.63) is 29.8 Å². The monoisotopic (exact) mass is 483 g/mol. The Bertz CT molecular complexity index is 919. The van der Waals surface area contributed by atoms with E-state index in [1.165, 1.54) is 0 Å². The van der Waals surface area contributed by atoms with Crippen LogP contribution in [0.25, 0.3) is 0 Å². The summed E-state index contributed by atoms with van der Waals surface area (Å²) in [7, 11) is 0. The number of rotatable bonds is 4. The lowest BCUT2D eigenvalue weighted by atomic mass is 10.0. The van der Waals surface area contributed by atoms with E-state index in [9.17, 15) is 14.4 Å². The van der Waals surface area contributed by atoms with E-state index >= 15 is 0 Å². The number of urea groups is 2. The SMILES string of the molecule is O=C(CNC(=O)N1CCC(N2Cc3ccccc3NC2=O)CC1)N1CCC(N2CCNCC2)CC1. The van der Waals surface area contributed by atoms with Crippen LogP contribution in [0.3, 0.4) is 0 Å². The zero-order chi connectivity index (χ0) is 24.2. The van der Waals surface area contributed by atoms with Crippen molar-refractivity contribution in [1.82, 2.24) is 30.2 Å². The number of benzene rings is 1. The average molecular weight is 484 g/mol. The van der Waals surface area contributed by atoms with Crippen LogP contribution in [0.2, 0.25) is 0 Å². The normalized spacial score (nSPS) is 22.5. The van der Waals surface area contributed by atoms with Gasteiger partial charge < -0.3 is 30.7 Å². The van der Waals surface area contributed by atoms with Crippen LogP contribution < -0.4 is 16.0 Å². The maximum Gasteiger partial charge on any atom is 0.322 e. The molecule has 0 spiro atoms. The fourth-order valence-corrected chi connectivity index (χ4v) is 5.80. The predicted octanol–water partition coefficient (Wildman–Crippen LogP) is 1.10. The number of hydrogen-bond acceptors (Lipinski definition) is 5. The lowest BCUT2D eigenvalue weighted by Gasteiger charge is -2.41. The summed E-state index contributed by atoms with van der Waals surface area (Å²) in [6.07, 6.45) is 3.47. The molecule has 0 unspecified atom stereocenters. The second-order valence-electron chi connectivity index (χ2n) is 9.99. The molecule has 3 saturated heterocycles. The zero-order valence-electron chi connectivity index (χ0n) is 20.4. The second-order valence-corrected chi connectivity index (χ2v) is 9.99. The number of para-hydroxylation sites is 1. The molecule has 10 heteroatoms. The number of hydrogen-bond donors (Lipinski definition) is 3. The Morgan fingerprint density at radius 1 is 0.886 bits per heavy atom. The van der Waals surface area contributed by atoms with Gasteiger partial charge in [0.1, 0.15) is 0 Å². The number of fused-ring (bicyclic) bond motifs is 1. The lowest BCUT2D eigenvalue weighted by Crippen LogP contribution is -2.55. The lowest BCUT2D eigenvalue weighted by molar-refractivity contribution is -0.131. The van der Waals surface area contributed by atoms with Gasteiger partial charge in [0.25, 0.3) is 0 Å². The maximum atomic E-state index is 12.7. The molecule has 4 heterocycles. The number of anilines is 1. The van der Waals surface area contributed by atoms with Crippen molar-refractivity contribution in [2.24, 2.45) is 0 Å². The Balaban J connectivity index is 1.03. The van der Waals surface area contributed by atoms with Gasteiger partial charge in [-0.3, -0.25) is 9.69 Å². The molecule has 0 aliphatic carbocycles. The Hall–Kier alpha value is -2.85. The number of likely N-dealkylation sites (tertiary alicyclic amines) is 2. The molecule has 3 fully saturated rings. The molecule has 1 aromatic rings. The molecule has 0 saturated carbocycles. The summed E-state index contributed by atoms with van der Waals surface area (Å²) in [6.45, 7) is 7.57. The number of piperazine rings is 1. The van der Waals surface area contributed by atoms with Crippen LogP contribution >= 0.6 is 0 Å². The summed E-state index contributed by atoms with van der Waals surface area (Å²) in [5.74, 6) is -0.00403. The predicted molar refractivity (Wildman–Crippen MR) is 133 cm³/mol. The van der Waals surface area contributed by atoms with Gasteiger partial charge in [-0.2, -0.15) is 0 Å². The minimum absolute atomic E-state index is 0.00403. The highest BCUT2D eigenvalue weighted by molar-refractivity contribution is 5.92. The molecule has 190 valence electrons. The minimum Gasteiger partial charge on any atom is -0.341 e. The number of nitrogens with one attached hydrogen (secondary N) is 3. The van der Waals surface area contributed by atoms with Crippen molar-refractivity contribution in [1.29, 1.82) is 0 Å². The van der Waals surface area contributed by atoms with Crippen molar-refractivity contribution < 1.29 is 14.4 Å². The van der Waals surface area contributed by atoms with Gasteiger partial charge in [-0.15, -0.1) is 0 Å². The van der Waals surface area contributed by atoms with E-state index in [2.05, 4.69) is 20.9 Å². The third-order valence-electron chi connectivity index (χ3n) is 7.93. The molecule has 10 nitrogen and oxygen atoms in total. The van der Waals surface area contributed by atoms with Gasteiger partial charge in [0.2, 0.25) is 5.91 Å². The van der Waals surface area contributed by atoms with Gasteiger partial charge in [0.15, 0.2) is 0 Å². The molecular formula is C25H37N7O3. The van der Waals surface area contributed by atoms with E-state index in [0.717, 1.165) is 76.2 Å². The summed E-state index contributed by atoms with van der Waals surface area (Å²) in [6, 6.07) is 8.27. The average Bonchev–Trinajstić information content (AvgIpc) is 2.92. The Labute approximate surface area is 207 Å². The first-order valence-electron chi connectivity index (χ1n) is 13.0. The van der Waals surface area contributed by atoms with E-state index in [0.29, 0.717) is 25.7 Å². The van der Waals surface area contributed by atoms with Crippen LogP contribution in [0.4, 0.5) is 15.3 Å². The Morgan fingerprint density at radius 2 is 1.54 bits per heavy atom. The van der Waals surface area contributed by atoms with Crippen molar-refractivity contribution in [2.45, 2.75) is 44.3 Å². The third-order valence-corrected chi connectivity index (χ3v) is 7.93. The Morgan fingerprint density at radius 3 is 2.29 bits per heavy atom. The third kappa shape index (κ3) is 5.54. The number of carbonyl (C=O) groups is 3. The molecule has 0 radical (unpaired) electrons. The van der Waals surface area contributed by atoms with Gasteiger partial charge in [-0.1, -0.05) is 18.2 Å². The minimum atomic E-state index is -0.194. The Kier molecular flexibility index (Phi) is 7.38. The van der Waals surface area contributed by atoms with Crippen molar-refractivity contribution >= 4 is 23.7 Å². The molecular weight excluding hydrogens is 446 g/mol. The van der Waals surface area contributed by atoms with Gasteiger partial charge in [0, 0.05) is 76.7 Å². The van der Waals surface area contributed by atoms with Gasteiger partial charge >= 0.3 is 12.1 Å². The van der Waals surface area contributed by atoms with Gasteiger partial charge in [-0.05, 0) is 37.3 Å². The molecule has 0 bridgehead atoms. The number of nitrogens with zero attached hydrogens (tertiary/aromatic N) is 4. The molecule has 35 heavy (non-hydrogen) atoms. The van der Waals surface area contributed by atoms with Crippen molar-refractivity contribution in [2.75, 3.05) is 64.2 Å². The van der Waals surface area contributed by atoms with Crippen LogP contribution in [-0.2, 0) is 11.3 Å². The fraction of sp³-hybridized carbons (Fsp3) is 0.640. The van der Waals surface area contributed by atoms with E-state index < -0.39 is 0 Å². The molecule has 5 rings (SSSR count). The van der Waals surface area contributed by atoms with Crippen LogP contribution in [0.1, 0.15) is 31.2 Å². The van der Waals surface area contributed by atoms with Crippen LogP contribution in [0.5, 0.6) is 0 Å². The van der Waals surface area contributed by atoms with Gasteiger partial charge in [-0.25, -0.2) is 9.59 Å². The highest BCUT2D eigenvalue weighted by Crippen LogP contribution is 2.27. The summed E-state index contributed by atoms with van der Waals surface area (Å²) >= 11 is 0. The number of piperidine rings is 2. The summed E-state index contributed by atoms with van der Waals surface area (Å²) in [5.41, 5.74) is 1.99. The molecule has 4 aliphatic heterocycles. The standard InChI is InChI=1S/C25H37N7O3/c33-23(30-11-5-20(6-12-30)29-15-9-26-10-16-29)17-27-24(34)31-13-7-21(8-14-31)32-18-19-3-1-2-4-22(19)28-25(32)35/h1-4,20-21,26H,5-18H2,(H,27,34)(H,28,35). The second kappa shape index (κ2) is 10.8. The van der Waals surface area contributed by atoms with E-state index in [-0.39, 0.29) is 30.6 Å². The van der Waals surface area contributed by atoms with E-state index in [4.69, 9.17) is 0 Å². The first kappa shape index (κ1) is 23.9. The molecule has 5 amide bonds. The zero-order valence-corrected chi connectivity index (χ0v) is 20.4. The van der Waals surface area contributed by atoms with Crippen LogP contribution in [0.15, 0.2) is 24.3 Å². The summed E-state index contributed by atoms with van der Waals surface area (Å²) in [4.78, 5) is 46.0. The van der Waals surface area contributed by atoms with E-state index in [1.807, 2.05) is 34.1 Å². The molecule has 3 N–H and O–H groups in total. The molecule has 4 aliphatic rings. The smallest absolute Gasteiger partial charge is 0.322 e. The summed E-state index contributed by atoms with van der Waals surface area (Å²) in [5, 5.41) is 9.19. The molecule has 0 atom stereocenters. The van der Waals surface area contributed by atoms with Crippen LogP contribution in [-0.4, -0.2) is 109 Å². The van der Waals surface area contributed by atoms with Gasteiger partial charge in [0.05, 0.1) is 6.54 Å². The first-order valence-corrected chi connectivity index (χ1v) is 13.0. The molecule has 0 aromatic heterocycles. The quantitative estimate of drug-likeness (QED) is 0.596. The highest BCUT2D eigenvalue weighted by atomic mass is 16.2. The highest BCUT2D eigenvalue weighted by Gasteiger charge is 2.33. The summed E-state index contributed by atoms with van der Waals surface area (Å²) < 4.78 is 0. The van der Waals surface area contributed by atoms with Crippen molar-refractivity contribution in [3.63, 3.8) is 0 Å². The molecule has 1 aromatic carbocycles. The van der Waals surface area contributed by atoms with E-state index in [1.54, 1.807) is 4.90 Å². The number of amides is 5. The fourth-order valence-electron chi connectivity index (χ4n) is 5.80. The maximum absolute atomic E-state index is 12.7. The van der Waals surface area contributed by atoms with Crippen molar-refractivity contribution in [3.8, 4) is 0 Å². The topological polar surface area (TPSA) is 100 Å². The number of carbonyl (C=O) groups excluding carboxylic acids is 3. The first-order chi connectivity index (χ1) is 17.1. The largest absolute Gasteiger partial charge is 0.341 e. The van der Waals surface area contributed by atoms with Crippen LogP contribution in [0, 0.1) is 0 Å².